The lowest BCUT2D eigenvalue weighted by molar-refractivity contribution is 0.102. The molecule has 0 heterocycles. The minimum absolute atomic E-state index is 0.306. The predicted octanol–water partition coefficient (Wildman–Crippen LogP) is 2.04. The van der Waals surface area contributed by atoms with E-state index in [2.05, 4.69) is 0 Å². The fraction of sp³-hybridized carbons (Fsp3) is 0.462. The van der Waals surface area contributed by atoms with Gasteiger partial charge in [-0.05, 0) is 30.0 Å². The highest BCUT2D eigenvalue weighted by Gasteiger charge is 2.16. The first kappa shape index (κ1) is 13.9. The summed E-state index contributed by atoms with van der Waals surface area (Å²) in [4.78, 5) is 11.9. The summed E-state index contributed by atoms with van der Waals surface area (Å²) in [7, 11) is -3.27. The average Bonchev–Trinajstić information content (AvgIpc) is 2.25. The highest BCUT2D eigenvalue weighted by Crippen LogP contribution is 2.15. The molecule has 0 atom stereocenters. The maximum Gasteiger partial charge on any atom is 0.178 e. The second kappa shape index (κ2) is 5.45. The molecule has 0 N–H and O–H groups in total. The Hall–Kier alpha value is -1.16. The van der Waals surface area contributed by atoms with Crippen molar-refractivity contribution in [1.29, 1.82) is 0 Å². The molecule has 0 aliphatic rings. The minimum Gasteiger partial charge on any atom is -0.293 e. The van der Waals surface area contributed by atoms with E-state index in [0.29, 0.717) is 5.56 Å². The van der Waals surface area contributed by atoms with E-state index in [1.54, 1.807) is 0 Å². The van der Waals surface area contributed by atoms with Crippen molar-refractivity contribution in [3.8, 4) is 0 Å². The van der Waals surface area contributed by atoms with Crippen LogP contribution in [-0.4, -0.2) is 26.2 Å². The molecule has 0 aliphatic heterocycles. The molecular formula is C13H18O3S. The van der Waals surface area contributed by atoms with Gasteiger partial charge in [0, 0.05) is 11.8 Å². The lowest BCUT2D eigenvalue weighted by Gasteiger charge is -2.08. The molecule has 0 aromatic heterocycles. The van der Waals surface area contributed by atoms with E-state index in [0.717, 1.165) is 30.2 Å². The Morgan fingerprint density at radius 1 is 1.18 bits per heavy atom. The standard InChI is InChI=1S/C13H18O3S/c1-4-10-6-7-11(5-2)12(8-10)13(14)9-17(3,15)16/h6-8H,4-5,9H2,1-3H3. The lowest BCUT2D eigenvalue weighted by Crippen LogP contribution is -2.16. The van der Waals surface area contributed by atoms with Gasteiger partial charge in [-0.25, -0.2) is 8.42 Å². The molecule has 0 fully saturated rings. The molecule has 1 aromatic carbocycles. The molecule has 0 spiro atoms. The Kier molecular flexibility index (Phi) is 4.46. The molecule has 94 valence electrons. The molecule has 0 bridgehead atoms. The Bertz CT molecular complexity index is 515. The molecule has 0 amide bonds. The minimum atomic E-state index is -3.27. The summed E-state index contributed by atoms with van der Waals surface area (Å²) in [5.41, 5.74) is 2.52. The summed E-state index contributed by atoms with van der Waals surface area (Å²) < 4.78 is 22.3. The van der Waals surface area contributed by atoms with Gasteiger partial charge in [-0.15, -0.1) is 0 Å². The van der Waals surface area contributed by atoms with Gasteiger partial charge in [-0.3, -0.25) is 4.79 Å². The van der Waals surface area contributed by atoms with Crippen molar-refractivity contribution >= 4 is 15.6 Å². The number of aryl methyl sites for hydroxylation is 2. The second-order valence-electron chi connectivity index (χ2n) is 4.19. The van der Waals surface area contributed by atoms with Crippen LogP contribution in [0.3, 0.4) is 0 Å². The number of carbonyl (C=O) groups is 1. The third-order valence-electron chi connectivity index (χ3n) is 2.66. The fourth-order valence-electron chi connectivity index (χ4n) is 1.73. The smallest absolute Gasteiger partial charge is 0.178 e. The average molecular weight is 254 g/mol. The van der Waals surface area contributed by atoms with E-state index in [1.165, 1.54) is 0 Å². The Morgan fingerprint density at radius 3 is 2.29 bits per heavy atom. The van der Waals surface area contributed by atoms with E-state index in [1.807, 2.05) is 32.0 Å². The molecule has 0 saturated carbocycles. The van der Waals surface area contributed by atoms with Crippen LogP contribution in [0.25, 0.3) is 0 Å². The largest absolute Gasteiger partial charge is 0.293 e. The Labute approximate surface area is 103 Å². The monoisotopic (exact) mass is 254 g/mol. The summed E-state index contributed by atoms with van der Waals surface area (Å²) in [5, 5.41) is 0. The quantitative estimate of drug-likeness (QED) is 0.756. The van der Waals surface area contributed by atoms with Gasteiger partial charge in [0.2, 0.25) is 0 Å². The van der Waals surface area contributed by atoms with E-state index in [-0.39, 0.29) is 5.78 Å². The normalized spacial score (nSPS) is 11.5. The number of hydrogen-bond acceptors (Lipinski definition) is 3. The number of ketones is 1. The van der Waals surface area contributed by atoms with Gasteiger partial charge in [0.05, 0.1) is 0 Å². The van der Waals surface area contributed by atoms with Gasteiger partial charge >= 0.3 is 0 Å². The van der Waals surface area contributed by atoms with Gasteiger partial charge < -0.3 is 0 Å². The van der Waals surface area contributed by atoms with Crippen LogP contribution in [0.4, 0.5) is 0 Å². The third kappa shape index (κ3) is 3.97. The van der Waals surface area contributed by atoms with Crippen molar-refractivity contribution in [3.63, 3.8) is 0 Å². The molecule has 0 unspecified atom stereocenters. The zero-order valence-electron chi connectivity index (χ0n) is 10.5. The number of sulfone groups is 1. The van der Waals surface area contributed by atoms with Crippen molar-refractivity contribution in [3.05, 3.63) is 34.9 Å². The molecule has 1 aromatic rings. The van der Waals surface area contributed by atoms with Crippen LogP contribution in [-0.2, 0) is 22.7 Å². The van der Waals surface area contributed by atoms with E-state index < -0.39 is 15.6 Å². The second-order valence-corrected chi connectivity index (χ2v) is 6.33. The first-order valence-corrected chi connectivity index (χ1v) is 7.76. The predicted molar refractivity (Wildman–Crippen MR) is 69.2 cm³/mol. The van der Waals surface area contributed by atoms with Gasteiger partial charge in [-0.1, -0.05) is 26.0 Å². The molecule has 0 aliphatic carbocycles. The van der Waals surface area contributed by atoms with Crippen molar-refractivity contribution in [2.24, 2.45) is 0 Å². The molecule has 1 rings (SSSR count). The summed E-state index contributed by atoms with van der Waals surface area (Å²) >= 11 is 0. The van der Waals surface area contributed by atoms with Gasteiger partial charge in [0.25, 0.3) is 0 Å². The fourth-order valence-corrected chi connectivity index (χ4v) is 2.36. The van der Waals surface area contributed by atoms with Crippen LogP contribution in [0.1, 0.15) is 35.3 Å². The van der Waals surface area contributed by atoms with Crippen LogP contribution in [0.5, 0.6) is 0 Å². The van der Waals surface area contributed by atoms with E-state index in [4.69, 9.17) is 0 Å². The number of hydrogen-bond donors (Lipinski definition) is 0. The van der Waals surface area contributed by atoms with Crippen LogP contribution >= 0.6 is 0 Å². The van der Waals surface area contributed by atoms with Crippen molar-refractivity contribution in [2.75, 3.05) is 12.0 Å². The van der Waals surface area contributed by atoms with Crippen molar-refractivity contribution < 1.29 is 13.2 Å². The van der Waals surface area contributed by atoms with Gasteiger partial charge in [-0.2, -0.15) is 0 Å². The Morgan fingerprint density at radius 2 is 1.82 bits per heavy atom. The van der Waals surface area contributed by atoms with Crippen LogP contribution in [0, 0.1) is 0 Å². The van der Waals surface area contributed by atoms with Crippen LogP contribution < -0.4 is 0 Å². The summed E-state index contributed by atoms with van der Waals surface area (Å²) in [6.07, 6.45) is 2.65. The highest BCUT2D eigenvalue weighted by atomic mass is 32.2. The molecular weight excluding hydrogens is 236 g/mol. The maximum absolute atomic E-state index is 11.9. The van der Waals surface area contributed by atoms with Gasteiger partial charge in [0.1, 0.15) is 5.75 Å². The van der Waals surface area contributed by atoms with Crippen LogP contribution in [0.2, 0.25) is 0 Å². The Balaban J connectivity index is 3.14. The zero-order valence-corrected chi connectivity index (χ0v) is 11.3. The third-order valence-corrected chi connectivity index (χ3v) is 3.44. The first-order valence-electron chi connectivity index (χ1n) is 5.70. The molecule has 0 radical (unpaired) electrons. The molecule has 17 heavy (non-hydrogen) atoms. The van der Waals surface area contributed by atoms with Crippen LogP contribution in [0.15, 0.2) is 18.2 Å². The summed E-state index contributed by atoms with van der Waals surface area (Å²) in [6.45, 7) is 3.96. The molecule has 0 saturated heterocycles. The van der Waals surface area contributed by atoms with E-state index in [9.17, 15) is 13.2 Å². The number of carbonyl (C=O) groups excluding carboxylic acids is 1. The summed E-state index contributed by atoms with van der Waals surface area (Å²) in [5.74, 6) is -0.715. The lowest BCUT2D eigenvalue weighted by atomic mass is 9.98. The molecule has 4 heteroatoms. The van der Waals surface area contributed by atoms with Crippen molar-refractivity contribution in [1.82, 2.24) is 0 Å². The first-order chi connectivity index (χ1) is 7.87. The highest BCUT2D eigenvalue weighted by molar-refractivity contribution is 7.91. The number of rotatable bonds is 5. The molecule has 3 nitrogen and oxygen atoms in total. The van der Waals surface area contributed by atoms with Crippen molar-refractivity contribution in [2.45, 2.75) is 26.7 Å². The number of benzene rings is 1. The summed E-state index contributed by atoms with van der Waals surface area (Å²) in [6, 6.07) is 5.71. The number of Topliss-reactive ketones (excluding diaryl/α,β-unsaturated/α-hetero) is 1. The topological polar surface area (TPSA) is 51.2 Å². The van der Waals surface area contributed by atoms with Gasteiger partial charge in [0.15, 0.2) is 15.6 Å². The SMILES string of the molecule is CCc1ccc(CC)c(C(=O)CS(C)(=O)=O)c1. The van der Waals surface area contributed by atoms with E-state index >= 15 is 0 Å². The zero-order chi connectivity index (χ0) is 13.1. The maximum atomic E-state index is 11.9.